The topological polar surface area (TPSA) is 80.1 Å². The number of benzene rings is 1. The standard InChI is InChI=1S/C23H30FN5O2/c1-16-13-19(7-8-20(16)24)29-15-21(26-27-29)23(31)28-11-9-18(10-12-28)25-22(30)14-17-5-3-2-4-6-17/h7-8,13,15,17-18H,2-6,9-12,14H2,1H3,(H,25,30). The van der Waals surface area contributed by atoms with Crippen molar-refractivity contribution < 1.29 is 14.0 Å². The summed E-state index contributed by atoms with van der Waals surface area (Å²) in [6.45, 7) is 2.84. The lowest BCUT2D eigenvalue weighted by Gasteiger charge is -2.32. The van der Waals surface area contributed by atoms with Crippen molar-refractivity contribution >= 4 is 11.8 Å². The summed E-state index contributed by atoms with van der Waals surface area (Å²) in [6, 6.07) is 4.77. The van der Waals surface area contributed by atoms with E-state index in [4.69, 9.17) is 0 Å². The van der Waals surface area contributed by atoms with Crippen LogP contribution in [0.3, 0.4) is 0 Å². The number of likely N-dealkylation sites (tertiary alicyclic amines) is 1. The quantitative estimate of drug-likeness (QED) is 0.793. The molecule has 0 spiro atoms. The molecular weight excluding hydrogens is 397 g/mol. The van der Waals surface area contributed by atoms with Crippen molar-refractivity contribution in [1.82, 2.24) is 25.2 Å². The molecule has 4 rings (SSSR count). The zero-order valence-corrected chi connectivity index (χ0v) is 18.0. The van der Waals surface area contributed by atoms with Crippen LogP contribution in [-0.4, -0.2) is 50.8 Å². The first-order valence-electron chi connectivity index (χ1n) is 11.3. The lowest BCUT2D eigenvalue weighted by molar-refractivity contribution is -0.123. The third kappa shape index (κ3) is 5.29. The second-order valence-electron chi connectivity index (χ2n) is 8.82. The molecule has 2 heterocycles. The van der Waals surface area contributed by atoms with Crippen LogP contribution in [0.5, 0.6) is 0 Å². The third-order valence-electron chi connectivity index (χ3n) is 6.46. The zero-order valence-electron chi connectivity index (χ0n) is 18.0. The molecule has 1 aromatic heterocycles. The molecule has 0 radical (unpaired) electrons. The summed E-state index contributed by atoms with van der Waals surface area (Å²) >= 11 is 0. The first-order chi connectivity index (χ1) is 15.0. The number of hydrogen-bond acceptors (Lipinski definition) is 4. The predicted octanol–water partition coefficient (Wildman–Crippen LogP) is 3.41. The van der Waals surface area contributed by atoms with Crippen LogP contribution in [0.4, 0.5) is 4.39 Å². The van der Waals surface area contributed by atoms with Gasteiger partial charge in [-0.05, 0) is 62.3 Å². The van der Waals surface area contributed by atoms with Crippen LogP contribution in [0.1, 0.15) is 67.4 Å². The number of carbonyl (C=O) groups is 2. The Morgan fingerprint density at radius 1 is 1.13 bits per heavy atom. The van der Waals surface area contributed by atoms with Crippen molar-refractivity contribution in [2.75, 3.05) is 13.1 Å². The molecule has 0 bridgehead atoms. The molecule has 0 atom stereocenters. The van der Waals surface area contributed by atoms with E-state index in [1.54, 1.807) is 30.2 Å². The SMILES string of the molecule is Cc1cc(-n2cc(C(=O)N3CCC(NC(=O)CC4CCCCC4)CC3)nn2)ccc1F. The van der Waals surface area contributed by atoms with E-state index in [1.807, 2.05) is 0 Å². The van der Waals surface area contributed by atoms with Crippen molar-refractivity contribution in [1.29, 1.82) is 0 Å². The zero-order chi connectivity index (χ0) is 21.8. The van der Waals surface area contributed by atoms with E-state index >= 15 is 0 Å². The number of piperidine rings is 1. The second-order valence-corrected chi connectivity index (χ2v) is 8.82. The van der Waals surface area contributed by atoms with E-state index in [0.717, 1.165) is 12.8 Å². The number of rotatable bonds is 5. The fourth-order valence-corrected chi connectivity index (χ4v) is 4.59. The van der Waals surface area contributed by atoms with Gasteiger partial charge in [-0.1, -0.05) is 24.5 Å². The minimum atomic E-state index is -0.283. The number of carbonyl (C=O) groups excluding carboxylic acids is 2. The molecule has 31 heavy (non-hydrogen) atoms. The molecule has 1 aliphatic carbocycles. The molecule has 1 saturated heterocycles. The molecule has 1 saturated carbocycles. The van der Waals surface area contributed by atoms with E-state index in [2.05, 4.69) is 15.6 Å². The predicted molar refractivity (Wildman–Crippen MR) is 114 cm³/mol. The highest BCUT2D eigenvalue weighted by Crippen LogP contribution is 2.26. The Morgan fingerprint density at radius 3 is 2.58 bits per heavy atom. The molecular formula is C23H30FN5O2. The number of aryl methyl sites for hydroxylation is 1. The summed E-state index contributed by atoms with van der Waals surface area (Å²) in [7, 11) is 0. The summed E-state index contributed by atoms with van der Waals surface area (Å²) in [4.78, 5) is 26.9. The summed E-state index contributed by atoms with van der Waals surface area (Å²) < 4.78 is 15.0. The lowest BCUT2D eigenvalue weighted by Crippen LogP contribution is -2.46. The van der Waals surface area contributed by atoms with Gasteiger partial charge in [-0.2, -0.15) is 0 Å². The first-order valence-corrected chi connectivity index (χ1v) is 11.3. The fraction of sp³-hybridized carbons (Fsp3) is 0.565. The van der Waals surface area contributed by atoms with Gasteiger partial charge in [0.2, 0.25) is 5.91 Å². The van der Waals surface area contributed by atoms with Gasteiger partial charge < -0.3 is 10.2 Å². The minimum Gasteiger partial charge on any atom is -0.353 e. The van der Waals surface area contributed by atoms with Crippen molar-refractivity contribution in [2.24, 2.45) is 5.92 Å². The molecule has 1 N–H and O–H groups in total. The van der Waals surface area contributed by atoms with E-state index in [1.165, 1.54) is 42.9 Å². The van der Waals surface area contributed by atoms with Crippen LogP contribution in [0.15, 0.2) is 24.4 Å². The van der Waals surface area contributed by atoms with Crippen molar-refractivity contribution in [2.45, 2.75) is 64.3 Å². The smallest absolute Gasteiger partial charge is 0.276 e. The Balaban J connectivity index is 1.28. The Morgan fingerprint density at radius 2 is 1.87 bits per heavy atom. The fourth-order valence-electron chi connectivity index (χ4n) is 4.59. The van der Waals surface area contributed by atoms with E-state index in [-0.39, 0.29) is 29.4 Å². The van der Waals surface area contributed by atoms with Crippen LogP contribution in [-0.2, 0) is 4.79 Å². The molecule has 8 heteroatoms. The summed E-state index contributed by atoms with van der Waals surface area (Å²) in [5.41, 5.74) is 1.43. The highest BCUT2D eigenvalue weighted by atomic mass is 19.1. The average molecular weight is 428 g/mol. The van der Waals surface area contributed by atoms with Crippen LogP contribution in [0.25, 0.3) is 5.69 Å². The molecule has 2 amide bonds. The van der Waals surface area contributed by atoms with Gasteiger partial charge in [0.15, 0.2) is 5.69 Å². The molecule has 1 aromatic carbocycles. The first kappa shape index (κ1) is 21.5. The number of aromatic nitrogens is 3. The summed E-state index contributed by atoms with van der Waals surface area (Å²) in [5.74, 6) is 0.225. The number of nitrogens with one attached hydrogen (secondary N) is 1. The van der Waals surface area contributed by atoms with Crippen molar-refractivity contribution in [3.05, 3.63) is 41.5 Å². The molecule has 2 aliphatic rings. The van der Waals surface area contributed by atoms with Crippen LogP contribution < -0.4 is 5.32 Å². The normalized spacial score (nSPS) is 18.2. The van der Waals surface area contributed by atoms with E-state index in [0.29, 0.717) is 36.7 Å². The molecule has 0 unspecified atom stereocenters. The van der Waals surface area contributed by atoms with Crippen LogP contribution in [0.2, 0.25) is 0 Å². The maximum Gasteiger partial charge on any atom is 0.276 e. The van der Waals surface area contributed by atoms with Gasteiger partial charge in [0.05, 0.1) is 11.9 Å². The Hall–Kier alpha value is -2.77. The van der Waals surface area contributed by atoms with Gasteiger partial charge in [0, 0.05) is 25.6 Å². The van der Waals surface area contributed by atoms with Crippen LogP contribution >= 0.6 is 0 Å². The van der Waals surface area contributed by atoms with E-state index in [9.17, 15) is 14.0 Å². The van der Waals surface area contributed by atoms with Crippen molar-refractivity contribution in [3.8, 4) is 5.69 Å². The van der Waals surface area contributed by atoms with Crippen molar-refractivity contribution in [3.63, 3.8) is 0 Å². The lowest BCUT2D eigenvalue weighted by atomic mass is 9.86. The number of amides is 2. The van der Waals surface area contributed by atoms with Gasteiger partial charge >= 0.3 is 0 Å². The molecule has 2 aromatic rings. The van der Waals surface area contributed by atoms with Crippen LogP contribution in [0, 0.1) is 18.7 Å². The Labute approximate surface area is 182 Å². The van der Waals surface area contributed by atoms with Gasteiger partial charge in [-0.3, -0.25) is 9.59 Å². The number of hydrogen-bond donors (Lipinski definition) is 1. The van der Waals surface area contributed by atoms with Gasteiger partial charge in [-0.25, -0.2) is 9.07 Å². The molecule has 2 fully saturated rings. The van der Waals surface area contributed by atoms with Gasteiger partial charge in [-0.15, -0.1) is 5.10 Å². The Bertz CT molecular complexity index is 930. The summed E-state index contributed by atoms with van der Waals surface area (Å²) in [6.07, 6.45) is 9.80. The average Bonchev–Trinajstić information content (AvgIpc) is 3.26. The monoisotopic (exact) mass is 427 g/mol. The highest BCUT2D eigenvalue weighted by molar-refractivity contribution is 5.92. The minimum absolute atomic E-state index is 0.123. The molecule has 7 nitrogen and oxygen atoms in total. The van der Waals surface area contributed by atoms with Gasteiger partial charge in [0.25, 0.3) is 5.91 Å². The number of nitrogens with zero attached hydrogens (tertiary/aromatic N) is 4. The third-order valence-corrected chi connectivity index (χ3v) is 6.46. The summed E-state index contributed by atoms with van der Waals surface area (Å²) in [5, 5.41) is 11.2. The van der Waals surface area contributed by atoms with Gasteiger partial charge in [0.1, 0.15) is 5.82 Å². The molecule has 1 aliphatic heterocycles. The largest absolute Gasteiger partial charge is 0.353 e. The van der Waals surface area contributed by atoms with E-state index < -0.39 is 0 Å². The highest BCUT2D eigenvalue weighted by Gasteiger charge is 2.27. The second kappa shape index (κ2) is 9.58. The maximum atomic E-state index is 13.5. The Kier molecular flexibility index (Phi) is 6.63. The molecule has 166 valence electrons. The number of halogens is 1. The maximum absolute atomic E-state index is 13.5.